The van der Waals surface area contributed by atoms with Gasteiger partial charge in [-0.1, -0.05) is 13.8 Å². The smallest absolute Gasteiger partial charge is 0.00911 e. The van der Waals surface area contributed by atoms with Crippen LogP contribution in [0.25, 0.3) is 0 Å². The van der Waals surface area contributed by atoms with E-state index in [1.807, 2.05) is 6.92 Å². The lowest BCUT2D eigenvalue weighted by Crippen LogP contribution is -2.17. The molecule has 0 rings (SSSR count). The van der Waals surface area contributed by atoms with Crippen LogP contribution in [0.15, 0.2) is 0 Å². The van der Waals surface area contributed by atoms with E-state index >= 15 is 0 Å². The quantitative estimate of drug-likeness (QED) is 0.470. The van der Waals surface area contributed by atoms with E-state index < -0.39 is 0 Å². The zero-order chi connectivity index (χ0) is 9.94. The summed E-state index contributed by atoms with van der Waals surface area (Å²) in [5, 5.41) is 3.42. The summed E-state index contributed by atoms with van der Waals surface area (Å²) in [7, 11) is 0. The molecule has 0 heterocycles. The summed E-state index contributed by atoms with van der Waals surface area (Å²) in [5.74, 6) is 6.85. The maximum absolute atomic E-state index is 3.42. The van der Waals surface area contributed by atoms with Gasteiger partial charge in [-0.15, -0.1) is 11.8 Å². The number of nitrogens with one attached hydrogen (secondary N) is 1. The van der Waals surface area contributed by atoms with Gasteiger partial charge in [-0.05, 0) is 45.2 Å². The Bertz CT molecular complexity index is 152. The maximum atomic E-state index is 3.42. The minimum atomic E-state index is 0.810. The zero-order valence-electron chi connectivity index (χ0n) is 9.32. The molecule has 1 atom stereocenters. The Hall–Kier alpha value is -0.480. The summed E-state index contributed by atoms with van der Waals surface area (Å²) < 4.78 is 0. The van der Waals surface area contributed by atoms with Gasteiger partial charge in [-0.25, -0.2) is 0 Å². The highest BCUT2D eigenvalue weighted by Crippen LogP contribution is 2.08. The molecule has 0 aliphatic carbocycles. The van der Waals surface area contributed by atoms with Crippen molar-refractivity contribution in [3.05, 3.63) is 0 Å². The maximum Gasteiger partial charge on any atom is 0.00911 e. The molecule has 0 aromatic rings. The van der Waals surface area contributed by atoms with Crippen molar-refractivity contribution in [1.82, 2.24) is 5.32 Å². The Morgan fingerprint density at radius 1 is 1.23 bits per heavy atom. The molecule has 0 bridgehead atoms. The summed E-state index contributed by atoms with van der Waals surface area (Å²) >= 11 is 0. The second-order valence-electron chi connectivity index (χ2n) is 3.61. The van der Waals surface area contributed by atoms with Gasteiger partial charge >= 0.3 is 0 Å². The highest BCUT2D eigenvalue weighted by atomic mass is 14.8. The fourth-order valence-corrected chi connectivity index (χ4v) is 1.24. The SMILES string of the molecule is CC#CCCC(C)CCNCCC. The Morgan fingerprint density at radius 3 is 2.62 bits per heavy atom. The van der Waals surface area contributed by atoms with Crippen molar-refractivity contribution >= 4 is 0 Å². The lowest BCUT2D eigenvalue weighted by molar-refractivity contribution is 0.476. The Labute approximate surface area is 83.3 Å². The molecule has 0 amide bonds. The molecule has 0 aliphatic heterocycles. The van der Waals surface area contributed by atoms with E-state index in [0.29, 0.717) is 0 Å². The van der Waals surface area contributed by atoms with Crippen molar-refractivity contribution in [1.29, 1.82) is 0 Å². The Balaban J connectivity index is 3.18. The van der Waals surface area contributed by atoms with E-state index in [4.69, 9.17) is 0 Å². The molecule has 1 nitrogen and oxygen atoms in total. The minimum absolute atomic E-state index is 0.810. The first kappa shape index (κ1) is 12.5. The van der Waals surface area contributed by atoms with Crippen molar-refractivity contribution in [2.24, 2.45) is 5.92 Å². The van der Waals surface area contributed by atoms with Crippen LogP contribution in [0.3, 0.4) is 0 Å². The van der Waals surface area contributed by atoms with Crippen molar-refractivity contribution in [3.63, 3.8) is 0 Å². The molecule has 1 unspecified atom stereocenters. The van der Waals surface area contributed by atoms with E-state index in [2.05, 4.69) is 31.0 Å². The largest absolute Gasteiger partial charge is 0.317 e. The highest BCUT2D eigenvalue weighted by molar-refractivity contribution is 4.94. The highest BCUT2D eigenvalue weighted by Gasteiger charge is 1.99. The summed E-state index contributed by atoms with van der Waals surface area (Å²) in [6.45, 7) is 8.74. The molecule has 0 aromatic heterocycles. The van der Waals surface area contributed by atoms with Gasteiger partial charge in [0.1, 0.15) is 0 Å². The summed E-state index contributed by atoms with van der Waals surface area (Å²) in [5.41, 5.74) is 0. The van der Waals surface area contributed by atoms with E-state index in [-0.39, 0.29) is 0 Å². The lowest BCUT2D eigenvalue weighted by Gasteiger charge is -2.09. The summed E-state index contributed by atoms with van der Waals surface area (Å²) in [6, 6.07) is 0. The van der Waals surface area contributed by atoms with Crippen LogP contribution in [0, 0.1) is 17.8 Å². The zero-order valence-corrected chi connectivity index (χ0v) is 9.32. The van der Waals surface area contributed by atoms with E-state index in [0.717, 1.165) is 25.4 Å². The summed E-state index contributed by atoms with van der Waals surface area (Å²) in [4.78, 5) is 0. The van der Waals surface area contributed by atoms with Crippen LogP contribution in [0.4, 0.5) is 0 Å². The normalized spacial score (nSPS) is 11.9. The van der Waals surface area contributed by atoms with Crippen molar-refractivity contribution < 1.29 is 0 Å². The molecule has 1 heteroatoms. The average Bonchev–Trinajstić information content (AvgIpc) is 2.13. The first-order valence-electron chi connectivity index (χ1n) is 5.41. The number of rotatable bonds is 7. The standard InChI is InChI=1S/C12H23N/c1-4-6-7-8-12(3)9-11-13-10-5-2/h12-13H,5,7-11H2,1-3H3. The van der Waals surface area contributed by atoms with Gasteiger partial charge in [0.2, 0.25) is 0 Å². The van der Waals surface area contributed by atoms with Crippen molar-refractivity contribution in [2.75, 3.05) is 13.1 Å². The molecule has 0 radical (unpaired) electrons. The molecule has 0 aliphatic rings. The van der Waals surface area contributed by atoms with Gasteiger partial charge in [0.15, 0.2) is 0 Å². The molecule has 0 fully saturated rings. The van der Waals surface area contributed by atoms with Gasteiger partial charge in [0.05, 0.1) is 0 Å². The minimum Gasteiger partial charge on any atom is -0.317 e. The Kier molecular flexibility index (Phi) is 9.25. The fourth-order valence-electron chi connectivity index (χ4n) is 1.24. The van der Waals surface area contributed by atoms with Crippen LogP contribution in [0.5, 0.6) is 0 Å². The van der Waals surface area contributed by atoms with Crippen molar-refractivity contribution in [2.45, 2.75) is 46.5 Å². The predicted molar refractivity (Wildman–Crippen MR) is 59.6 cm³/mol. The third kappa shape index (κ3) is 9.43. The number of hydrogen-bond acceptors (Lipinski definition) is 1. The van der Waals surface area contributed by atoms with Gasteiger partial charge in [0.25, 0.3) is 0 Å². The van der Waals surface area contributed by atoms with Crippen LogP contribution in [0.1, 0.15) is 46.5 Å². The second-order valence-corrected chi connectivity index (χ2v) is 3.61. The summed E-state index contributed by atoms with van der Waals surface area (Å²) in [6.07, 6.45) is 4.82. The van der Waals surface area contributed by atoms with E-state index in [1.54, 1.807) is 0 Å². The molecule has 0 saturated heterocycles. The molecule has 0 aromatic carbocycles. The van der Waals surface area contributed by atoms with Gasteiger partial charge < -0.3 is 5.32 Å². The molecule has 76 valence electrons. The third-order valence-corrected chi connectivity index (χ3v) is 2.18. The van der Waals surface area contributed by atoms with Crippen LogP contribution < -0.4 is 5.32 Å². The first-order chi connectivity index (χ1) is 6.31. The molecule has 13 heavy (non-hydrogen) atoms. The molecular formula is C12H23N. The Morgan fingerprint density at radius 2 is 2.00 bits per heavy atom. The van der Waals surface area contributed by atoms with Crippen LogP contribution in [0.2, 0.25) is 0 Å². The van der Waals surface area contributed by atoms with Gasteiger partial charge in [-0.3, -0.25) is 0 Å². The lowest BCUT2D eigenvalue weighted by atomic mass is 10.0. The average molecular weight is 181 g/mol. The van der Waals surface area contributed by atoms with Gasteiger partial charge in [0, 0.05) is 6.42 Å². The first-order valence-corrected chi connectivity index (χ1v) is 5.41. The predicted octanol–water partition coefficient (Wildman–Crippen LogP) is 2.82. The number of hydrogen-bond donors (Lipinski definition) is 1. The topological polar surface area (TPSA) is 12.0 Å². The van der Waals surface area contributed by atoms with E-state index in [1.165, 1.54) is 19.3 Å². The molecule has 1 N–H and O–H groups in total. The molecule has 0 saturated carbocycles. The van der Waals surface area contributed by atoms with E-state index in [9.17, 15) is 0 Å². The third-order valence-electron chi connectivity index (χ3n) is 2.18. The van der Waals surface area contributed by atoms with Crippen LogP contribution >= 0.6 is 0 Å². The molecular weight excluding hydrogens is 158 g/mol. The van der Waals surface area contributed by atoms with Crippen LogP contribution in [-0.2, 0) is 0 Å². The monoisotopic (exact) mass is 181 g/mol. The van der Waals surface area contributed by atoms with Crippen LogP contribution in [-0.4, -0.2) is 13.1 Å². The second kappa shape index (κ2) is 9.61. The van der Waals surface area contributed by atoms with Gasteiger partial charge in [-0.2, -0.15) is 0 Å². The molecule has 0 spiro atoms. The fraction of sp³-hybridized carbons (Fsp3) is 0.833. The van der Waals surface area contributed by atoms with Crippen molar-refractivity contribution in [3.8, 4) is 11.8 Å².